The Morgan fingerprint density at radius 1 is 1.45 bits per heavy atom. The monoisotopic (exact) mass is 317 g/mol. The molecule has 1 aromatic heterocycles. The number of carbonyl (C=O) groups excluding carboxylic acids is 1. The Kier molecular flexibility index (Phi) is 4.68. The van der Waals surface area contributed by atoms with Gasteiger partial charge in [0.05, 0.1) is 5.75 Å². The largest absolute Gasteiger partial charge is 0.431 e. The number of hydrazine groups is 1. The molecule has 1 aliphatic carbocycles. The fraction of sp³-hybridized carbons (Fsp3) is 0.375. The van der Waals surface area contributed by atoms with Crippen molar-refractivity contribution in [3.63, 3.8) is 0 Å². The summed E-state index contributed by atoms with van der Waals surface area (Å²) in [6, 6.07) is 7.57. The minimum atomic E-state index is -0.0913. The number of para-hydroxylation sites is 2. The molecular weight excluding hydrogens is 298 g/mol. The van der Waals surface area contributed by atoms with Gasteiger partial charge in [-0.3, -0.25) is 10.2 Å². The number of rotatable bonds is 5. The van der Waals surface area contributed by atoms with Gasteiger partial charge in [-0.05, 0) is 37.3 Å². The van der Waals surface area contributed by atoms with E-state index < -0.39 is 0 Å². The highest BCUT2D eigenvalue weighted by molar-refractivity contribution is 7.99. The van der Waals surface area contributed by atoms with Crippen LogP contribution in [0.4, 0.5) is 0 Å². The van der Waals surface area contributed by atoms with Crippen molar-refractivity contribution in [3.05, 3.63) is 36.0 Å². The van der Waals surface area contributed by atoms with Crippen molar-refractivity contribution >= 4 is 28.8 Å². The molecule has 2 aromatic rings. The molecule has 2 N–H and O–H groups in total. The van der Waals surface area contributed by atoms with E-state index in [1.54, 1.807) is 0 Å². The maximum atomic E-state index is 11.9. The van der Waals surface area contributed by atoms with Gasteiger partial charge in [0.25, 0.3) is 5.22 Å². The molecule has 1 aliphatic rings. The summed E-state index contributed by atoms with van der Waals surface area (Å²) in [7, 11) is 0. The van der Waals surface area contributed by atoms with Gasteiger partial charge in [-0.1, -0.05) is 36.9 Å². The van der Waals surface area contributed by atoms with Crippen LogP contribution in [0, 0.1) is 5.92 Å². The Morgan fingerprint density at radius 2 is 2.32 bits per heavy atom. The molecule has 0 saturated carbocycles. The van der Waals surface area contributed by atoms with E-state index in [0.717, 1.165) is 29.6 Å². The molecule has 0 unspecified atom stereocenters. The van der Waals surface area contributed by atoms with Gasteiger partial charge in [-0.25, -0.2) is 4.98 Å². The number of hydrogen-bond acceptors (Lipinski definition) is 5. The molecular formula is C16H19N3O2S. The molecule has 0 aliphatic heterocycles. The van der Waals surface area contributed by atoms with Crippen molar-refractivity contribution in [1.82, 2.24) is 15.8 Å². The summed E-state index contributed by atoms with van der Waals surface area (Å²) < 4.78 is 5.57. The maximum Gasteiger partial charge on any atom is 0.257 e. The normalized spacial score (nSPS) is 18.0. The van der Waals surface area contributed by atoms with Crippen LogP contribution < -0.4 is 10.9 Å². The van der Waals surface area contributed by atoms with E-state index in [-0.39, 0.29) is 11.7 Å². The van der Waals surface area contributed by atoms with Gasteiger partial charge in [0.1, 0.15) is 5.52 Å². The lowest BCUT2D eigenvalue weighted by Gasteiger charge is -2.19. The second-order valence-electron chi connectivity index (χ2n) is 5.47. The second-order valence-corrected chi connectivity index (χ2v) is 6.40. The summed E-state index contributed by atoms with van der Waals surface area (Å²) >= 11 is 1.29. The summed E-state index contributed by atoms with van der Waals surface area (Å²) in [6.07, 6.45) is 5.54. The Bertz CT molecular complexity index is 663. The van der Waals surface area contributed by atoms with Crippen LogP contribution in [0.5, 0.6) is 0 Å². The Labute approximate surface area is 133 Å². The third kappa shape index (κ3) is 3.82. The molecule has 0 saturated heterocycles. The van der Waals surface area contributed by atoms with E-state index in [1.807, 2.05) is 24.3 Å². The quantitative estimate of drug-likeness (QED) is 0.654. The molecule has 6 heteroatoms. The first kappa shape index (κ1) is 15.0. The summed E-state index contributed by atoms with van der Waals surface area (Å²) in [4.78, 5) is 16.2. The van der Waals surface area contributed by atoms with Crippen molar-refractivity contribution in [3.8, 4) is 0 Å². The smallest absolute Gasteiger partial charge is 0.257 e. The number of benzene rings is 1. The first-order valence-corrected chi connectivity index (χ1v) is 8.43. The predicted molar refractivity (Wildman–Crippen MR) is 87.1 cm³/mol. The number of thioether (sulfide) groups is 1. The molecule has 0 bridgehead atoms. The van der Waals surface area contributed by atoms with Gasteiger partial charge in [0.2, 0.25) is 5.91 Å². The zero-order chi connectivity index (χ0) is 15.4. The Hall–Kier alpha value is -1.95. The van der Waals surface area contributed by atoms with Crippen LogP contribution >= 0.6 is 11.8 Å². The van der Waals surface area contributed by atoms with E-state index in [0.29, 0.717) is 11.1 Å². The number of aromatic nitrogens is 1. The zero-order valence-corrected chi connectivity index (χ0v) is 13.3. The standard InChI is InChI=1S/C16H19N3O2S/c1-11-5-4-6-12(9-11)18-19-15(20)10-22-16-17-13-7-2-3-8-14(13)21-16/h2-3,7-9,11,18H,4-6,10H2,1H3,(H,19,20)/t11-/m0/s1. The molecule has 0 fully saturated rings. The minimum Gasteiger partial charge on any atom is -0.431 e. The fourth-order valence-corrected chi connectivity index (χ4v) is 3.09. The van der Waals surface area contributed by atoms with Gasteiger partial charge in [0.15, 0.2) is 5.58 Å². The number of carbonyl (C=O) groups is 1. The summed E-state index contributed by atoms with van der Waals surface area (Å²) in [6.45, 7) is 2.19. The third-order valence-electron chi connectivity index (χ3n) is 3.55. The van der Waals surface area contributed by atoms with Crippen molar-refractivity contribution in [2.45, 2.75) is 31.4 Å². The minimum absolute atomic E-state index is 0.0913. The Morgan fingerprint density at radius 3 is 3.14 bits per heavy atom. The van der Waals surface area contributed by atoms with Crippen LogP contribution in [0.2, 0.25) is 0 Å². The lowest BCUT2D eigenvalue weighted by atomic mass is 9.96. The van der Waals surface area contributed by atoms with Crippen LogP contribution in [0.25, 0.3) is 11.1 Å². The van der Waals surface area contributed by atoms with Gasteiger partial charge in [-0.15, -0.1) is 0 Å². The number of allylic oxidation sites excluding steroid dienone is 2. The molecule has 1 aromatic carbocycles. The molecule has 116 valence electrons. The molecule has 3 rings (SSSR count). The Balaban J connectivity index is 1.48. The second kappa shape index (κ2) is 6.87. The topological polar surface area (TPSA) is 67.2 Å². The average Bonchev–Trinajstić information content (AvgIpc) is 2.94. The van der Waals surface area contributed by atoms with Crippen molar-refractivity contribution < 1.29 is 9.21 Å². The highest BCUT2D eigenvalue weighted by Gasteiger charge is 2.11. The predicted octanol–water partition coefficient (Wildman–Crippen LogP) is 3.24. The summed E-state index contributed by atoms with van der Waals surface area (Å²) in [5.41, 5.74) is 8.39. The first-order chi connectivity index (χ1) is 10.7. The number of oxazole rings is 1. The highest BCUT2D eigenvalue weighted by Crippen LogP contribution is 2.23. The first-order valence-electron chi connectivity index (χ1n) is 7.44. The van der Waals surface area contributed by atoms with Crippen molar-refractivity contribution in [1.29, 1.82) is 0 Å². The fourth-order valence-electron chi connectivity index (χ4n) is 2.45. The molecule has 1 atom stereocenters. The number of nitrogens with zero attached hydrogens (tertiary/aromatic N) is 1. The van der Waals surface area contributed by atoms with E-state index in [1.165, 1.54) is 18.2 Å². The van der Waals surface area contributed by atoms with Crippen LogP contribution in [-0.4, -0.2) is 16.6 Å². The van der Waals surface area contributed by atoms with Crippen molar-refractivity contribution in [2.24, 2.45) is 5.92 Å². The van der Waals surface area contributed by atoms with Crippen molar-refractivity contribution in [2.75, 3.05) is 5.75 Å². The number of hydrogen-bond donors (Lipinski definition) is 2. The maximum absolute atomic E-state index is 11.9. The third-order valence-corrected chi connectivity index (χ3v) is 4.38. The van der Waals surface area contributed by atoms with Crippen LogP contribution in [0.15, 0.2) is 45.7 Å². The molecule has 0 radical (unpaired) electrons. The average molecular weight is 317 g/mol. The van der Waals surface area contributed by atoms with Crippen LogP contribution in [0.3, 0.4) is 0 Å². The lowest BCUT2D eigenvalue weighted by molar-refractivity contribution is -0.119. The molecule has 1 amide bonds. The highest BCUT2D eigenvalue weighted by atomic mass is 32.2. The lowest BCUT2D eigenvalue weighted by Crippen LogP contribution is -2.38. The van der Waals surface area contributed by atoms with Gasteiger partial charge >= 0.3 is 0 Å². The summed E-state index contributed by atoms with van der Waals surface area (Å²) in [5.74, 6) is 0.747. The van der Waals surface area contributed by atoms with Crippen LogP contribution in [-0.2, 0) is 4.79 Å². The van der Waals surface area contributed by atoms with E-state index >= 15 is 0 Å². The van der Waals surface area contributed by atoms with Gasteiger partial charge < -0.3 is 9.84 Å². The number of nitrogens with one attached hydrogen (secondary N) is 2. The molecule has 22 heavy (non-hydrogen) atoms. The van der Waals surface area contributed by atoms with Gasteiger partial charge in [0, 0.05) is 5.70 Å². The summed E-state index contributed by atoms with van der Waals surface area (Å²) in [5, 5.41) is 0.516. The zero-order valence-electron chi connectivity index (χ0n) is 12.5. The molecule has 0 spiro atoms. The van der Waals surface area contributed by atoms with E-state index in [4.69, 9.17) is 4.42 Å². The van der Waals surface area contributed by atoms with Crippen LogP contribution in [0.1, 0.15) is 26.2 Å². The number of amides is 1. The molecule has 5 nitrogen and oxygen atoms in total. The number of fused-ring (bicyclic) bond motifs is 1. The SMILES string of the molecule is C[C@@H]1C=C(NNC(=O)CSc2nc3ccccc3o2)CCC1. The molecule has 1 heterocycles. The van der Waals surface area contributed by atoms with E-state index in [9.17, 15) is 4.79 Å². The van der Waals surface area contributed by atoms with E-state index in [2.05, 4.69) is 28.8 Å². The van der Waals surface area contributed by atoms with Gasteiger partial charge in [-0.2, -0.15) is 0 Å².